The molecule has 0 radical (unpaired) electrons. The molecule has 1 fully saturated rings. The third-order valence-corrected chi connectivity index (χ3v) is 5.18. The van der Waals surface area contributed by atoms with Gasteiger partial charge in [0.05, 0.1) is 6.04 Å². The van der Waals surface area contributed by atoms with Gasteiger partial charge in [0.2, 0.25) is 5.16 Å². The molecule has 1 heterocycles. The Kier molecular flexibility index (Phi) is 4.13. The lowest BCUT2D eigenvalue weighted by atomic mass is 10.0. The van der Waals surface area contributed by atoms with Gasteiger partial charge in [0.1, 0.15) is 5.25 Å². The van der Waals surface area contributed by atoms with Gasteiger partial charge >= 0.3 is 0 Å². The van der Waals surface area contributed by atoms with Crippen LogP contribution in [0.3, 0.4) is 0 Å². The van der Waals surface area contributed by atoms with Crippen LogP contribution in [0.5, 0.6) is 0 Å². The van der Waals surface area contributed by atoms with E-state index < -0.39 is 0 Å². The SMILES string of the molecule is O=C(c1ccccc1)C(Sc1nnnn1C1CC1)c1ccccc1. The van der Waals surface area contributed by atoms with Gasteiger partial charge in [-0.3, -0.25) is 4.79 Å². The first-order valence-electron chi connectivity index (χ1n) is 7.91. The van der Waals surface area contributed by atoms with Crippen molar-refractivity contribution in [3.63, 3.8) is 0 Å². The summed E-state index contributed by atoms with van der Waals surface area (Å²) in [6.07, 6.45) is 2.20. The summed E-state index contributed by atoms with van der Waals surface area (Å²) in [5, 5.41) is 12.3. The van der Waals surface area contributed by atoms with Crippen molar-refractivity contribution in [3.05, 3.63) is 71.8 Å². The lowest BCUT2D eigenvalue weighted by Gasteiger charge is -2.15. The molecule has 1 aliphatic carbocycles. The minimum Gasteiger partial charge on any atom is -0.293 e. The van der Waals surface area contributed by atoms with Crippen molar-refractivity contribution in [1.29, 1.82) is 0 Å². The Labute approximate surface area is 144 Å². The zero-order valence-corrected chi connectivity index (χ0v) is 13.8. The molecule has 0 bridgehead atoms. The molecular formula is C18H16N4OS. The Bertz CT molecular complexity index is 830. The summed E-state index contributed by atoms with van der Waals surface area (Å²) in [4.78, 5) is 13.1. The van der Waals surface area contributed by atoms with Gasteiger partial charge < -0.3 is 0 Å². The fourth-order valence-corrected chi connectivity index (χ4v) is 3.70. The number of carbonyl (C=O) groups excluding carboxylic acids is 1. The quantitative estimate of drug-likeness (QED) is 0.507. The van der Waals surface area contributed by atoms with Gasteiger partial charge in [-0.05, 0) is 28.8 Å². The van der Waals surface area contributed by atoms with Crippen LogP contribution in [-0.4, -0.2) is 26.0 Å². The molecule has 1 aliphatic rings. The average molecular weight is 336 g/mol. The Morgan fingerprint density at radius 1 is 1.04 bits per heavy atom. The summed E-state index contributed by atoms with van der Waals surface area (Å²) in [6, 6.07) is 19.6. The highest BCUT2D eigenvalue weighted by molar-refractivity contribution is 8.00. The second-order valence-corrected chi connectivity index (χ2v) is 6.85. The molecule has 5 nitrogen and oxygen atoms in total. The fourth-order valence-electron chi connectivity index (χ4n) is 2.57. The van der Waals surface area contributed by atoms with Crippen LogP contribution in [-0.2, 0) is 0 Å². The Hall–Kier alpha value is -2.47. The van der Waals surface area contributed by atoms with E-state index >= 15 is 0 Å². The maximum Gasteiger partial charge on any atom is 0.210 e. The van der Waals surface area contributed by atoms with E-state index in [0.717, 1.165) is 18.4 Å². The maximum atomic E-state index is 13.1. The van der Waals surface area contributed by atoms with Crippen LogP contribution in [0.15, 0.2) is 65.8 Å². The average Bonchev–Trinajstić information content (AvgIpc) is 3.39. The predicted octanol–water partition coefficient (Wildman–Crippen LogP) is 3.72. The molecule has 3 aromatic rings. The molecule has 1 unspecified atom stereocenters. The van der Waals surface area contributed by atoms with Crippen LogP contribution in [0.1, 0.15) is 40.1 Å². The minimum absolute atomic E-state index is 0.0668. The number of tetrazole rings is 1. The molecule has 0 spiro atoms. The Balaban J connectivity index is 1.68. The Morgan fingerprint density at radius 2 is 1.71 bits per heavy atom. The number of aromatic nitrogens is 4. The number of thioether (sulfide) groups is 1. The van der Waals surface area contributed by atoms with E-state index in [1.807, 2.05) is 65.3 Å². The van der Waals surface area contributed by atoms with Crippen LogP contribution < -0.4 is 0 Å². The minimum atomic E-state index is -0.364. The van der Waals surface area contributed by atoms with Crippen LogP contribution in [0.2, 0.25) is 0 Å². The van der Waals surface area contributed by atoms with Gasteiger partial charge in [0, 0.05) is 5.56 Å². The van der Waals surface area contributed by atoms with Gasteiger partial charge in [-0.15, -0.1) is 5.10 Å². The van der Waals surface area contributed by atoms with E-state index in [1.165, 1.54) is 11.8 Å². The molecule has 4 rings (SSSR count). The van der Waals surface area contributed by atoms with Crippen LogP contribution in [0.25, 0.3) is 0 Å². The van der Waals surface area contributed by atoms with E-state index in [1.54, 1.807) is 0 Å². The molecule has 24 heavy (non-hydrogen) atoms. The predicted molar refractivity (Wildman–Crippen MR) is 91.9 cm³/mol. The third-order valence-electron chi connectivity index (χ3n) is 3.98. The molecule has 1 saturated carbocycles. The maximum absolute atomic E-state index is 13.1. The van der Waals surface area contributed by atoms with Gasteiger partial charge in [-0.2, -0.15) is 0 Å². The van der Waals surface area contributed by atoms with Crippen LogP contribution >= 0.6 is 11.8 Å². The lowest BCUT2D eigenvalue weighted by molar-refractivity contribution is 0.0989. The molecule has 0 N–H and O–H groups in total. The van der Waals surface area contributed by atoms with Gasteiger partial charge in [0.25, 0.3) is 0 Å². The van der Waals surface area contributed by atoms with Crippen molar-refractivity contribution in [2.75, 3.05) is 0 Å². The molecular weight excluding hydrogens is 320 g/mol. The molecule has 120 valence electrons. The van der Waals surface area contributed by atoms with Gasteiger partial charge in [0.15, 0.2) is 5.78 Å². The molecule has 1 aromatic heterocycles. The number of benzene rings is 2. The van der Waals surface area contributed by atoms with Crippen LogP contribution in [0, 0.1) is 0 Å². The monoisotopic (exact) mass is 336 g/mol. The molecule has 0 aliphatic heterocycles. The number of hydrogen-bond donors (Lipinski definition) is 0. The van der Waals surface area contributed by atoms with Gasteiger partial charge in [-0.25, -0.2) is 4.68 Å². The normalized spacial score (nSPS) is 15.2. The van der Waals surface area contributed by atoms with E-state index in [9.17, 15) is 4.79 Å². The van der Waals surface area contributed by atoms with E-state index in [2.05, 4.69) is 15.5 Å². The first-order chi connectivity index (χ1) is 11.8. The second-order valence-electron chi connectivity index (χ2n) is 5.78. The molecule has 2 aromatic carbocycles. The topological polar surface area (TPSA) is 60.7 Å². The third kappa shape index (κ3) is 3.10. The van der Waals surface area contributed by atoms with E-state index in [4.69, 9.17) is 0 Å². The summed E-state index contributed by atoms with van der Waals surface area (Å²) >= 11 is 1.42. The zero-order chi connectivity index (χ0) is 16.4. The van der Waals surface area contributed by atoms with Crippen molar-refractivity contribution in [1.82, 2.24) is 20.2 Å². The highest BCUT2D eigenvalue weighted by Crippen LogP contribution is 2.41. The first-order valence-corrected chi connectivity index (χ1v) is 8.79. The van der Waals surface area contributed by atoms with E-state index in [-0.39, 0.29) is 11.0 Å². The van der Waals surface area contributed by atoms with Crippen molar-refractivity contribution < 1.29 is 4.79 Å². The van der Waals surface area contributed by atoms with Crippen molar-refractivity contribution >= 4 is 17.5 Å². The first kappa shape index (κ1) is 15.1. The fraction of sp³-hybridized carbons (Fsp3) is 0.222. The summed E-state index contributed by atoms with van der Waals surface area (Å²) in [6.45, 7) is 0. The number of carbonyl (C=O) groups is 1. The molecule has 6 heteroatoms. The van der Waals surface area contributed by atoms with Gasteiger partial charge in [-0.1, -0.05) is 72.4 Å². The number of Topliss-reactive ketones (excluding diaryl/α,β-unsaturated/α-hetero) is 1. The zero-order valence-electron chi connectivity index (χ0n) is 12.9. The number of nitrogens with zero attached hydrogens (tertiary/aromatic N) is 4. The largest absolute Gasteiger partial charge is 0.293 e. The summed E-state index contributed by atoms with van der Waals surface area (Å²) in [5.41, 5.74) is 1.66. The van der Waals surface area contributed by atoms with Crippen molar-refractivity contribution in [2.24, 2.45) is 0 Å². The Morgan fingerprint density at radius 3 is 2.38 bits per heavy atom. The van der Waals surface area contributed by atoms with Crippen LogP contribution in [0.4, 0.5) is 0 Å². The number of ketones is 1. The summed E-state index contributed by atoms with van der Waals surface area (Å²) in [7, 11) is 0. The number of rotatable bonds is 6. The number of hydrogen-bond acceptors (Lipinski definition) is 5. The lowest BCUT2D eigenvalue weighted by Crippen LogP contribution is -2.11. The second kappa shape index (κ2) is 6.57. The highest BCUT2D eigenvalue weighted by Gasteiger charge is 2.31. The molecule has 1 atom stereocenters. The molecule has 0 saturated heterocycles. The van der Waals surface area contributed by atoms with Crippen molar-refractivity contribution in [2.45, 2.75) is 29.3 Å². The molecule has 0 amide bonds. The summed E-state index contributed by atoms with van der Waals surface area (Å²) in [5.74, 6) is 0.0668. The smallest absolute Gasteiger partial charge is 0.210 e. The highest BCUT2D eigenvalue weighted by atomic mass is 32.2. The van der Waals surface area contributed by atoms with Crippen molar-refractivity contribution in [3.8, 4) is 0 Å². The van der Waals surface area contributed by atoms with E-state index in [0.29, 0.717) is 16.8 Å². The standard InChI is InChI=1S/C18H16N4OS/c23-16(13-7-3-1-4-8-13)17(14-9-5-2-6-10-14)24-18-19-20-21-22(18)15-11-12-15/h1-10,15,17H,11-12H2. The summed E-state index contributed by atoms with van der Waals surface area (Å²) < 4.78 is 1.85.